The highest BCUT2D eigenvalue weighted by Gasteiger charge is 2.45. The van der Waals surface area contributed by atoms with Crippen LogP contribution in [0.4, 0.5) is 28.9 Å². The second kappa shape index (κ2) is 7.34. The standard InChI is InChI=1S/C22H23F4N3S/c23-14-2-1-12(19(7-14)22(24,25)26)6-16-11-30-10-13-5-15(27)8-17-18-9-28-4-3-20(18)29(16)21(13)17/h1-2,5,7-8,16,18,20,28H,3-4,6,9-11,27H2. The number of hydrogen-bond donors (Lipinski definition) is 2. The third kappa shape index (κ3) is 3.34. The Morgan fingerprint density at radius 1 is 1.20 bits per heavy atom. The van der Waals surface area contributed by atoms with E-state index in [0.29, 0.717) is 6.07 Å². The van der Waals surface area contributed by atoms with Gasteiger partial charge in [-0.25, -0.2) is 4.39 Å². The predicted molar refractivity (Wildman–Crippen MR) is 112 cm³/mol. The first-order chi connectivity index (χ1) is 14.3. The van der Waals surface area contributed by atoms with Crippen molar-refractivity contribution in [3.8, 4) is 0 Å². The highest BCUT2D eigenvalue weighted by molar-refractivity contribution is 7.98. The molecule has 3 atom stereocenters. The van der Waals surface area contributed by atoms with E-state index < -0.39 is 17.6 Å². The maximum absolute atomic E-state index is 13.6. The number of fused-ring (bicyclic) bond motifs is 3. The molecular formula is C22H23F4N3S. The SMILES string of the molecule is Nc1cc2c3c(c1)C1CNCCC1N3C(Cc1ccc(F)cc1C(F)(F)F)CSC2. The van der Waals surface area contributed by atoms with Gasteiger partial charge in [-0.05, 0) is 60.3 Å². The summed E-state index contributed by atoms with van der Waals surface area (Å²) in [4.78, 5) is 2.37. The molecule has 3 heterocycles. The molecule has 3 nitrogen and oxygen atoms in total. The van der Waals surface area contributed by atoms with Crippen LogP contribution in [0.25, 0.3) is 0 Å². The molecule has 5 rings (SSSR count). The van der Waals surface area contributed by atoms with E-state index in [1.54, 1.807) is 11.8 Å². The first-order valence-electron chi connectivity index (χ1n) is 10.2. The molecule has 0 amide bonds. The molecule has 1 saturated heterocycles. The van der Waals surface area contributed by atoms with Gasteiger partial charge in [0.1, 0.15) is 5.82 Å². The van der Waals surface area contributed by atoms with E-state index >= 15 is 0 Å². The largest absolute Gasteiger partial charge is 0.416 e. The Morgan fingerprint density at radius 3 is 2.83 bits per heavy atom. The van der Waals surface area contributed by atoms with Gasteiger partial charge < -0.3 is 16.0 Å². The maximum Gasteiger partial charge on any atom is 0.416 e. The fourth-order valence-electron chi connectivity index (χ4n) is 5.35. The molecule has 3 N–H and O–H groups in total. The molecule has 0 aromatic heterocycles. The predicted octanol–water partition coefficient (Wildman–Crippen LogP) is 4.55. The minimum atomic E-state index is -4.57. The molecule has 30 heavy (non-hydrogen) atoms. The van der Waals surface area contributed by atoms with E-state index in [4.69, 9.17) is 5.73 Å². The lowest BCUT2D eigenvalue weighted by Gasteiger charge is -2.39. The topological polar surface area (TPSA) is 41.3 Å². The second-order valence-electron chi connectivity index (χ2n) is 8.36. The van der Waals surface area contributed by atoms with Crippen LogP contribution in [0, 0.1) is 5.82 Å². The smallest absolute Gasteiger partial charge is 0.399 e. The Kier molecular flexibility index (Phi) is 4.89. The van der Waals surface area contributed by atoms with Crippen LogP contribution in [-0.4, -0.2) is 30.9 Å². The van der Waals surface area contributed by atoms with Crippen molar-refractivity contribution in [2.45, 2.75) is 42.8 Å². The number of halogens is 4. The van der Waals surface area contributed by atoms with Crippen LogP contribution < -0.4 is 16.0 Å². The normalized spacial score (nSPS) is 25.6. The average Bonchev–Trinajstić information content (AvgIpc) is 2.90. The molecular weight excluding hydrogens is 414 g/mol. The van der Waals surface area contributed by atoms with Gasteiger partial charge in [-0.3, -0.25) is 0 Å². The van der Waals surface area contributed by atoms with Crippen molar-refractivity contribution >= 4 is 23.1 Å². The summed E-state index contributed by atoms with van der Waals surface area (Å²) in [6.07, 6.45) is -3.40. The van der Waals surface area contributed by atoms with Gasteiger partial charge >= 0.3 is 6.18 Å². The average molecular weight is 438 g/mol. The van der Waals surface area contributed by atoms with Crippen LogP contribution in [0.3, 0.4) is 0 Å². The zero-order valence-electron chi connectivity index (χ0n) is 16.3. The number of benzene rings is 2. The Morgan fingerprint density at radius 2 is 2.03 bits per heavy atom. The Hall–Kier alpha value is -1.93. The van der Waals surface area contributed by atoms with Crippen molar-refractivity contribution < 1.29 is 17.6 Å². The van der Waals surface area contributed by atoms with Crippen LogP contribution in [0.2, 0.25) is 0 Å². The summed E-state index contributed by atoms with van der Waals surface area (Å²) >= 11 is 1.73. The van der Waals surface area contributed by atoms with E-state index in [0.717, 1.165) is 48.5 Å². The minimum Gasteiger partial charge on any atom is -0.399 e. The number of thioether (sulfide) groups is 1. The quantitative estimate of drug-likeness (QED) is 0.534. The molecule has 3 aliphatic rings. The highest BCUT2D eigenvalue weighted by Crippen LogP contribution is 2.50. The van der Waals surface area contributed by atoms with Crippen LogP contribution >= 0.6 is 11.8 Å². The van der Waals surface area contributed by atoms with Crippen molar-refractivity contribution in [2.75, 3.05) is 29.5 Å². The molecule has 0 spiro atoms. The van der Waals surface area contributed by atoms with Gasteiger partial charge in [0.2, 0.25) is 0 Å². The summed E-state index contributed by atoms with van der Waals surface area (Å²) < 4.78 is 54.4. The molecule has 2 aromatic rings. The van der Waals surface area contributed by atoms with Crippen LogP contribution in [0.15, 0.2) is 30.3 Å². The van der Waals surface area contributed by atoms with E-state index in [1.165, 1.54) is 17.2 Å². The number of nitrogens with one attached hydrogen (secondary N) is 1. The molecule has 0 saturated carbocycles. The molecule has 0 bridgehead atoms. The van der Waals surface area contributed by atoms with Gasteiger partial charge in [0.15, 0.2) is 0 Å². The third-order valence-corrected chi connectivity index (χ3v) is 7.63. The Bertz CT molecular complexity index is 978. The number of rotatable bonds is 2. The number of nitrogen functional groups attached to an aromatic ring is 1. The van der Waals surface area contributed by atoms with Crippen molar-refractivity contribution in [1.29, 1.82) is 0 Å². The van der Waals surface area contributed by atoms with E-state index in [2.05, 4.69) is 10.2 Å². The number of piperidine rings is 1. The number of nitrogens with zero attached hydrogens (tertiary/aromatic N) is 1. The lowest BCUT2D eigenvalue weighted by Crippen LogP contribution is -2.49. The van der Waals surface area contributed by atoms with Gasteiger partial charge in [-0.1, -0.05) is 6.07 Å². The summed E-state index contributed by atoms with van der Waals surface area (Å²) in [6, 6.07) is 7.26. The molecule has 1 fully saturated rings. The Labute approximate surface area is 177 Å². The molecule has 0 aliphatic carbocycles. The highest BCUT2D eigenvalue weighted by atomic mass is 32.2. The summed E-state index contributed by atoms with van der Waals surface area (Å²) in [5.41, 5.74) is 9.76. The van der Waals surface area contributed by atoms with Gasteiger partial charge in [-0.2, -0.15) is 24.9 Å². The van der Waals surface area contributed by atoms with Crippen LogP contribution in [0.1, 0.15) is 34.6 Å². The molecule has 8 heteroatoms. The monoisotopic (exact) mass is 437 g/mol. The maximum atomic E-state index is 13.6. The Balaban J connectivity index is 1.58. The summed E-state index contributed by atoms with van der Waals surface area (Å²) in [6.45, 7) is 1.74. The molecule has 2 aromatic carbocycles. The fourth-order valence-corrected chi connectivity index (χ4v) is 6.46. The first kappa shape index (κ1) is 20.0. The van der Waals surface area contributed by atoms with Crippen molar-refractivity contribution in [1.82, 2.24) is 5.32 Å². The van der Waals surface area contributed by atoms with Crippen LogP contribution in [0.5, 0.6) is 0 Å². The van der Waals surface area contributed by atoms with Gasteiger partial charge in [0, 0.05) is 47.4 Å². The molecule has 3 aliphatic heterocycles. The molecule has 160 valence electrons. The minimum absolute atomic E-state index is 0.0849. The number of anilines is 2. The number of nitrogens with two attached hydrogens (primary N) is 1. The number of hydrogen-bond acceptors (Lipinski definition) is 4. The third-order valence-electron chi connectivity index (χ3n) is 6.50. The van der Waals surface area contributed by atoms with Crippen molar-refractivity contribution in [3.05, 3.63) is 58.4 Å². The lowest BCUT2D eigenvalue weighted by atomic mass is 9.89. The molecule has 0 radical (unpaired) electrons. The van der Waals surface area contributed by atoms with E-state index in [1.807, 2.05) is 12.1 Å². The summed E-state index contributed by atoms with van der Waals surface area (Å²) in [5, 5.41) is 3.45. The lowest BCUT2D eigenvalue weighted by molar-refractivity contribution is -0.138. The van der Waals surface area contributed by atoms with Crippen LogP contribution in [-0.2, 0) is 18.3 Å². The van der Waals surface area contributed by atoms with Gasteiger partial charge in [0.25, 0.3) is 0 Å². The summed E-state index contributed by atoms with van der Waals surface area (Å²) in [5.74, 6) is 0.947. The fraction of sp³-hybridized carbons (Fsp3) is 0.455. The zero-order valence-corrected chi connectivity index (χ0v) is 17.1. The van der Waals surface area contributed by atoms with E-state index in [9.17, 15) is 17.6 Å². The number of alkyl halides is 3. The van der Waals surface area contributed by atoms with Crippen molar-refractivity contribution in [2.24, 2.45) is 0 Å². The zero-order chi connectivity index (χ0) is 21.0. The second-order valence-corrected chi connectivity index (χ2v) is 9.39. The van der Waals surface area contributed by atoms with E-state index in [-0.39, 0.29) is 30.0 Å². The molecule has 3 unspecified atom stereocenters. The van der Waals surface area contributed by atoms with Crippen molar-refractivity contribution in [3.63, 3.8) is 0 Å². The van der Waals surface area contributed by atoms with Gasteiger partial charge in [-0.15, -0.1) is 0 Å². The van der Waals surface area contributed by atoms with Gasteiger partial charge in [0.05, 0.1) is 5.56 Å². The summed E-state index contributed by atoms with van der Waals surface area (Å²) in [7, 11) is 0. The first-order valence-corrected chi connectivity index (χ1v) is 11.3.